The highest BCUT2D eigenvalue weighted by Crippen LogP contribution is 2.31. The molecule has 0 spiro atoms. The van der Waals surface area contributed by atoms with E-state index in [-0.39, 0.29) is 10.7 Å². The summed E-state index contributed by atoms with van der Waals surface area (Å²) in [5.41, 5.74) is 6.81. The fraction of sp³-hybridized carbons (Fsp3) is 0.0938. The lowest BCUT2D eigenvalue weighted by Crippen LogP contribution is -2.56. The summed E-state index contributed by atoms with van der Waals surface area (Å²) in [6.07, 6.45) is 2.42. The molecular weight excluding hydrogens is 556 g/mol. The summed E-state index contributed by atoms with van der Waals surface area (Å²) in [7, 11) is 0. The number of para-hydroxylation sites is 2. The number of aryl methyl sites for hydroxylation is 2. The number of thiocarbonyl (C=S) groups is 1. The van der Waals surface area contributed by atoms with Gasteiger partial charge in [0.1, 0.15) is 5.57 Å². The van der Waals surface area contributed by atoms with E-state index in [1.807, 2.05) is 54.6 Å². The van der Waals surface area contributed by atoms with Crippen molar-refractivity contribution in [2.75, 3.05) is 9.80 Å². The first kappa shape index (κ1) is 25.8. The zero-order chi connectivity index (χ0) is 26.8. The van der Waals surface area contributed by atoms with Crippen molar-refractivity contribution in [2.45, 2.75) is 20.3 Å². The van der Waals surface area contributed by atoms with Crippen LogP contribution in [0.1, 0.15) is 27.8 Å². The van der Waals surface area contributed by atoms with Crippen LogP contribution in [0.2, 0.25) is 0 Å². The van der Waals surface area contributed by atoms with E-state index in [2.05, 4.69) is 48.0 Å². The van der Waals surface area contributed by atoms with E-state index < -0.39 is 11.8 Å². The molecule has 0 aromatic heterocycles. The molecule has 0 atom stereocenters. The summed E-state index contributed by atoms with van der Waals surface area (Å²) in [6, 6.07) is 30.7. The van der Waals surface area contributed by atoms with Crippen LogP contribution >= 0.6 is 28.1 Å². The Kier molecular flexibility index (Phi) is 7.36. The van der Waals surface area contributed by atoms with Crippen molar-refractivity contribution in [1.82, 2.24) is 0 Å². The van der Waals surface area contributed by atoms with Gasteiger partial charge in [-0.1, -0.05) is 93.8 Å². The number of carbonyl (C=O) groups excluding carboxylic acids is 2. The Morgan fingerprint density at radius 2 is 1.26 bits per heavy atom. The Balaban J connectivity index is 1.53. The molecule has 0 bridgehead atoms. The van der Waals surface area contributed by atoms with Crippen LogP contribution in [0, 0.1) is 13.8 Å². The number of hydrogen-bond acceptors (Lipinski definition) is 3. The molecule has 0 aliphatic carbocycles. The Bertz CT molecular complexity index is 1500. The number of hydrogen-bond donors (Lipinski definition) is 0. The number of benzene rings is 4. The van der Waals surface area contributed by atoms with Gasteiger partial charge in [0.15, 0.2) is 5.11 Å². The van der Waals surface area contributed by atoms with Crippen LogP contribution in [0.25, 0.3) is 6.08 Å². The highest BCUT2D eigenvalue weighted by atomic mass is 79.9. The third kappa shape index (κ3) is 5.23. The largest absolute Gasteiger partial charge is 0.270 e. The number of anilines is 2. The van der Waals surface area contributed by atoms with Crippen LogP contribution in [0.3, 0.4) is 0 Å². The molecule has 188 valence electrons. The second kappa shape index (κ2) is 10.9. The fourth-order valence-electron chi connectivity index (χ4n) is 4.69. The molecule has 0 radical (unpaired) electrons. The first-order chi connectivity index (χ1) is 18.3. The maximum absolute atomic E-state index is 13.7. The van der Waals surface area contributed by atoms with Crippen LogP contribution in [-0.2, 0) is 16.0 Å². The molecule has 4 aromatic carbocycles. The first-order valence-corrected chi connectivity index (χ1v) is 13.4. The van der Waals surface area contributed by atoms with Gasteiger partial charge in [0.25, 0.3) is 11.8 Å². The van der Waals surface area contributed by atoms with E-state index in [1.54, 1.807) is 30.3 Å². The predicted octanol–water partition coefficient (Wildman–Crippen LogP) is 7.41. The summed E-state index contributed by atoms with van der Waals surface area (Å²) < 4.78 is 0.914. The minimum atomic E-state index is -0.450. The van der Waals surface area contributed by atoms with Gasteiger partial charge in [-0.2, -0.15) is 0 Å². The van der Waals surface area contributed by atoms with Crippen LogP contribution in [-0.4, -0.2) is 16.9 Å². The Morgan fingerprint density at radius 3 is 1.76 bits per heavy atom. The Morgan fingerprint density at radius 1 is 0.737 bits per heavy atom. The molecule has 1 fully saturated rings. The maximum Gasteiger partial charge on any atom is 0.270 e. The molecule has 0 saturated carbocycles. The molecule has 1 aliphatic heterocycles. The van der Waals surface area contributed by atoms with Crippen molar-refractivity contribution in [2.24, 2.45) is 0 Å². The van der Waals surface area contributed by atoms with Gasteiger partial charge in [-0.05, 0) is 85.6 Å². The summed E-state index contributed by atoms with van der Waals surface area (Å²) in [4.78, 5) is 30.2. The van der Waals surface area contributed by atoms with Crippen molar-refractivity contribution in [3.05, 3.63) is 135 Å². The van der Waals surface area contributed by atoms with Gasteiger partial charge < -0.3 is 0 Å². The van der Waals surface area contributed by atoms with Gasteiger partial charge in [-0.3, -0.25) is 19.4 Å². The molecule has 1 aliphatic rings. The molecule has 6 heteroatoms. The number of halogens is 1. The van der Waals surface area contributed by atoms with Gasteiger partial charge >= 0.3 is 0 Å². The van der Waals surface area contributed by atoms with Gasteiger partial charge in [0, 0.05) is 4.47 Å². The van der Waals surface area contributed by atoms with Gasteiger partial charge in [0.2, 0.25) is 0 Å². The number of nitrogens with zero attached hydrogens (tertiary/aromatic N) is 2. The van der Waals surface area contributed by atoms with E-state index >= 15 is 0 Å². The average Bonchev–Trinajstić information content (AvgIpc) is 2.89. The van der Waals surface area contributed by atoms with Crippen molar-refractivity contribution >= 4 is 62.5 Å². The lowest BCUT2D eigenvalue weighted by atomic mass is 9.99. The Hall–Kier alpha value is -3.87. The maximum atomic E-state index is 13.7. The van der Waals surface area contributed by atoms with Gasteiger partial charge in [-0.15, -0.1) is 0 Å². The molecule has 38 heavy (non-hydrogen) atoms. The summed E-state index contributed by atoms with van der Waals surface area (Å²) >= 11 is 9.38. The van der Waals surface area contributed by atoms with E-state index in [1.165, 1.54) is 26.5 Å². The van der Waals surface area contributed by atoms with E-state index in [0.29, 0.717) is 11.4 Å². The number of amides is 2. The molecule has 4 aromatic rings. The average molecular weight is 582 g/mol. The van der Waals surface area contributed by atoms with E-state index in [0.717, 1.165) is 22.0 Å². The predicted molar refractivity (Wildman–Crippen MR) is 161 cm³/mol. The standard InChI is InChI=1S/C32H25BrN2O2S/c1-21-15-22(2)17-24(16-21)18-25-14-13-23(20-29(25)33)19-28-30(36)34(26-9-5-3-6-10-26)32(38)35(31(28)37)27-11-7-4-8-12-27/h3-17,19-20H,18H2,1-2H3. The molecule has 0 N–H and O–H groups in total. The SMILES string of the molecule is Cc1cc(C)cc(Cc2ccc(C=C3C(=O)N(c4ccccc4)C(=S)N(c4ccccc4)C3=O)cc2Br)c1. The quantitative estimate of drug-likeness (QED) is 0.140. The minimum absolute atomic E-state index is 0.0419. The first-order valence-electron chi connectivity index (χ1n) is 12.2. The third-order valence-corrected chi connectivity index (χ3v) is 7.45. The number of carbonyl (C=O) groups is 2. The monoisotopic (exact) mass is 580 g/mol. The highest BCUT2D eigenvalue weighted by Gasteiger charge is 2.41. The minimum Gasteiger partial charge on any atom is -0.268 e. The molecule has 4 nitrogen and oxygen atoms in total. The smallest absolute Gasteiger partial charge is 0.268 e. The summed E-state index contributed by atoms with van der Waals surface area (Å²) in [5, 5.41) is 0.125. The molecule has 1 heterocycles. The second-order valence-corrected chi connectivity index (χ2v) is 10.5. The molecule has 0 unspecified atom stereocenters. The summed E-state index contributed by atoms with van der Waals surface area (Å²) in [6.45, 7) is 4.20. The van der Waals surface area contributed by atoms with Crippen molar-refractivity contribution < 1.29 is 9.59 Å². The molecule has 5 rings (SSSR count). The fourth-order valence-corrected chi connectivity index (χ4v) is 5.61. The summed E-state index contributed by atoms with van der Waals surface area (Å²) in [5.74, 6) is -0.900. The van der Waals surface area contributed by atoms with Gasteiger partial charge in [-0.25, -0.2) is 0 Å². The lowest BCUT2D eigenvalue weighted by molar-refractivity contribution is -0.120. The van der Waals surface area contributed by atoms with Crippen molar-refractivity contribution in [1.29, 1.82) is 0 Å². The second-order valence-electron chi connectivity index (χ2n) is 9.32. The van der Waals surface area contributed by atoms with Crippen LogP contribution in [0.4, 0.5) is 11.4 Å². The van der Waals surface area contributed by atoms with Gasteiger partial charge in [0.05, 0.1) is 11.4 Å². The van der Waals surface area contributed by atoms with Crippen LogP contribution < -0.4 is 9.80 Å². The van der Waals surface area contributed by atoms with E-state index in [4.69, 9.17) is 12.2 Å². The lowest BCUT2D eigenvalue weighted by Gasteiger charge is -2.36. The molecular formula is C32H25BrN2O2S. The topological polar surface area (TPSA) is 40.6 Å². The third-order valence-electron chi connectivity index (χ3n) is 6.34. The van der Waals surface area contributed by atoms with Crippen LogP contribution in [0.15, 0.2) is 107 Å². The van der Waals surface area contributed by atoms with Crippen LogP contribution in [0.5, 0.6) is 0 Å². The molecule has 2 amide bonds. The zero-order valence-corrected chi connectivity index (χ0v) is 23.4. The number of rotatable bonds is 5. The van der Waals surface area contributed by atoms with Crippen molar-refractivity contribution in [3.8, 4) is 0 Å². The Labute approximate surface area is 236 Å². The zero-order valence-electron chi connectivity index (χ0n) is 21.0. The molecule has 1 saturated heterocycles. The normalized spacial score (nSPS) is 13.8. The van der Waals surface area contributed by atoms with E-state index in [9.17, 15) is 9.59 Å². The van der Waals surface area contributed by atoms with Crippen molar-refractivity contribution in [3.63, 3.8) is 0 Å². The highest BCUT2D eigenvalue weighted by molar-refractivity contribution is 9.10.